The second-order valence-corrected chi connectivity index (χ2v) is 14.0. The van der Waals surface area contributed by atoms with Gasteiger partial charge in [0.25, 0.3) is 11.8 Å². The van der Waals surface area contributed by atoms with Gasteiger partial charge in [-0.25, -0.2) is 4.79 Å². The van der Waals surface area contributed by atoms with Crippen molar-refractivity contribution in [2.45, 2.75) is 62.9 Å². The largest absolute Gasteiger partial charge is 0.497 e. The summed E-state index contributed by atoms with van der Waals surface area (Å²) in [6.45, 7) is 0.686. The second-order valence-electron chi connectivity index (χ2n) is 13.6. The molecule has 3 rings (SSSR count). The summed E-state index contributed by atoms with van der Waals surface area (Å²) in [4.78, 5) is 76.5. The number of hydrogen-bond donors (Lipinski definition) is 4. The number of hydrogen-bond acceptors (Lipinski definition) is 9. The van der Waals surface area contributed by atoms with Gasteiger partial charge in [-0.2, -0.15) is 30.7 Å². The summed E-state index contributed by atoms with van der Waals surface area (Å²) >= 11 is 5.85. The van der Waals surface area contributed by atoms with Gasteiger partial charge in [0.05, 0.1) is 13.7 Å². The molecule has 0 saturated carbocycles. The topological polar surface area (TPSA) is 178 Å². The number of Topliss-reactive ketones (excluding diaryl/α,β-unsaturated/α-hetero) is 1. The maximum Gasteiger partial charge on any atom is 0.405 e. The minimum atomic E-state index is -5.09. The lowest BCUT2D eigenvalue weighted by Gasteiger charge is -2.25. The van der Waals surface area contributed by atoms with Crippen molar-refractivity contribution in [3.8, 4) is 11.5 Å². The molecule has 0 aromatic heterocycles. The number of halogens is 8. The van der Waals surface area contributed by atoms with Gasteiger partial charge >= 0.3 is 24.0 Å². The van der Waals surface area contributed by atoms with E-state index in [1.807, 2.05) is 5.32 Å². The summed E-state index contributed by atoms with van der Waals surface area (Å²) in [5.41, 5.74) is -1.49. The summed E-state index contributed by atoms with van der Waals surface area (Å²) in [6.07, 6.45) is -5.61. The van der Waals surface area contributed by atoms with Gasteiger partial charge in [0.1, 0.15) is 35.7 Å². The van der Waals surface area contributed by atoms with E-state index in [2.05, 4.69) is 5.32 Å². The minimum absolute atomic E-state index is 0.0976. The Morgan fingerprint density at radius 2 is 1.36 bits per heavy atom. The SMILES string of the molecule is COc1ccc([C@H](NC(=O)[C@H](Cc2ccc(OCC(=O)OC(C)(C)C)cc2)NC(=O)C(F)(F)c2cccc(Cl)c2)C(=O)NCC(=O)C(F)(F)C(=O)NCC(F)(F)F)cc1. The van der Waals surface area contributed by atoms with Crippen LogP contribution in [0.3, 0.4) is 0 Å². The van der Waals surface area contributed by atoms with Crippen molar-refractivity contribution in [1.82, 2.24) is 21.3 Å². The lowest BCUT2D eigenvalue weighted by Crippen LogP contribution is -2.54. The highest BCUT2D eigenvalue weighted by atomic mass is 35.5. The van der Waals surface area contributed by atoms with Crippen LogP contribution in [0, 0.1) is 0 Å². The molecule has 0 aliphatic heterocycles. The summed E-state index contributed by atoms with van der Waals surface area (Å²) in [5.74, 6) is -19.1. The van der Waals surface area contributed by atoms with Gasteiger partial charge in [-0.05, 0) is 68.3 Å². The average molecular weight is 863 g/mol. The molecule has 0 radical (unpaired) electrons. The smallest absolute Gasteiger partial charge is 0.405 e. The van der Waals surface area contributed by atoms with Gasteiger partial charge in [0.15, 0.2) is 6.61 Å². The average Bonchev–Trinajstić information content (AvgIpc) is 3.16. The Morgan fingerprint density at radius 1 is 0.746 bits per heavy atom. The van der Waals surface area contributed by atoms with E-state index >= 15 is 8.78 Å². The number of amides is 4. The number of nitrogens with one attached hydrogen (secondary N) is 4. The van der Waals surface area contributed by atoms with E-state index in [9.17, 15) is 50.7 Å². The fourth-order valence-corrected chi connectivity index (χ4v) is 5.07. The molecule has 2 atom stereocenters. The molecule has 3 aromatic rings. The Morgan fingerprint density at radius 3 is 1.92 bits per heavy atom. The molecule has 0 heterocycles. The van der Waals surface area contributed by atoms with E-state index in [-0.39, 0.29) is 27.6 Å². The van der Waals surface area contributed by atoms with Gasteiger partial charge < -0.3 is 35.5 Å². The number of carbonyl (C=O) groups excluding carboxylic acids is 6. The third-order valence-electron chi connectivity index (χ3n) is 7.74. The van der Waals surface area contributed by atoms with Crippen molar-refractivity contribution in [3.05, 3.63) is 94.5 Å². The second kappa shape index (κ2) is 19.7. The first-order valence-electron chi connectivity index (χ1n) is 17.2. The van der Waals surface area contributed by atoms with Crippen LogP contribution >= 0.6 is 11.6 Å². The molecule has 13 nitrogen and oxygen atoms in total. The van der Waals surface area contributed by atoms with Crippen LogP contribution in [0.25, 0.3) is 0 Å². The molecular formula is C38H38ClF7N4O9. The van der Waals surface area contributed by atoms with Crippen LogP contribution in [0.5, 0.6) is 11.5 Å². The first-order valence-corrected chi connectivity index (χ1v) is 17.6. The fourth-order valence-electron chi connectivity index (χ4n) is 4.88. The molecule has 0 spiro atoms. The van der Waals surface area contributed by atoms with Crippen LogP contribution in [0.2, 0.25) is 5.02 Å². The van der Waals surface area contributed by atoms with Gasteiger partial charge in [-0.1, -0.05) is 48.0 Å². The Bertz CT molecular complexity index is 1990. The number of rotatable bonds is 18. The molecular weight excluding hydrogens is 825 g/mol. The van der Waals surface area contributed by atoms with Crippen LogP contribution in [-0.2, 0) is 45.8 Å². The van der Waals surface area contributed by atoms with Crippen molar-refractivity contribution in [1.29, 1.82) is 0 Å². The van der Waals surface area contributed by atoms with Crippen LogP contribution in [0.15, 0.2) is 72.8 Å². The number of methoxy groups -OCH3 is 1. The highest BCUT2D eigenvalue weighted by molar-refractivity contribution is 6.30. The zero-order valence-corrected chi connectivity index (χ0v) is 32.4. The van der Waals surface area contributed by atoms with Crippen LogP contribution in [-0.4, -0.2) is 85.9 Å². The van der Waals surface area contributed by atoms with Crippen LogP contribution < -0.4 is 30.7 Å². The Balaban J connectivity index is 1.91. The summed E-state index contributed by atoms with van der Waals surface area (Å²) in [5, 5.41) is 6.71. The number of benzene rings is 3. The summed E-state index contributed by atoms with van der Waals surface area (Å²) in [6, 6.07) is 10.9. The van der Waals surface area contributed by atoms with E-state index in [4.69, 9.17) is 25.8 Å². The van der Waals surface area contributed by atoms with Crippen molar-refractivity contribution >= 4 is 47.0 Å². The van der Waals surface area contributed by atoms with Crippen LogP contribution in [0.1, 0.15) is 43.5 Å². The van der Waals surface area contributed by atoms with E-state index in [0.29, 0.717) is 0 Å². The Hall–Kier alpha value is -5.92. The van der Waals surface area contributed by atoms with Gasteiger partial charge in [-0.15, -0.1) is 0 Å². The number of alkyl halides is 7. The fraction of sp³-hybridized carbons (Fsp3) is 0.368. The molecule has 21 heteroatoms. The molecule has 59 heavy (non-hydrogen) atoms. The molecule has 0 aliphatic carbocycles. The highest BCUT2D eigenvalue weighted by Gasteiger charge is 2.48. The Kier molecular flexibility index (Phi) is 15.8. The van der Waals surface area contributed by atoms with Crippen molar-refractivity contribution in [3.63, 3.8) is 0 Å². The number of esters is 1. The monoisotopic (exact) mass is 862 g/mol. The zero-order chi connectivity index (χ0) is 44.3. The third-order valence-corrected chi connectivity index (χ3v) is 7.98. The normalized spacial score (nSPS) is 12.9. The number of carbonyl (C=O) groups is 6. The highest BCUT2D eigenvalue weighted by Crippen LogP contribution is 2.30. The summed E-state index contributed by atoms with van der Waals surface area (Å²) in [7, 11) is 1.30. The molecule has 0 bridgehead atoms. The van der Waals surface area contributed by atoms with Crippen molar-refractivity contribution < 1.29 is 73.7 Å². The first kappa shape index (κ1) is 47.5. The predicted molar refractivity (Wildman–Crippen MR) is 195 cm³/mol. The number of ether oxygens (including phenoxy) is 3. The molecule has 320 valence electrons. The molecule has 0 unspecified atom stereocenters. The maximum absolute atomic E-state index is 15.5. The zero-order valence-electron chi connectivity index (χ0n) is 31.6. The summed E-state index contributed by atoms with van der Waals surface area (Å²) < 4.78 is 113. The van der Waals surface area contributed by atoms with Crippen LogP contribution in [0.4, 0.5) is 30.7 Å². The molecule has 4 N–H and O–H groups in total. The van der Waals surface area contributed by atoms with Crippen molar-refractivity contribution in [2.75, 3.05) is 26.8 Å². The number of ketones is 1. The van der Waals surface area contributed by atoms with Crippen molar-refractivity contribution in [2.24, 2.45) is 0 Å². The maximum atomic E-state index is 15.5. The quantitative estimate of drug-likeness (QED) is 0.0799. The molecule has 4 amide bonds. The molecule has 0 fully saturated rings. The standard InChI is InChI=1S/C38H38ClF7N4O9/c1-35(2,3)59-29(52)19-58-26-12-8-21(9-13-26)16-27(49-34(56)37(43,44)23-6-5-7-24(39)17-23)31(53)50-30(22-10-14-25(57-4)15-11-22)32(54)47-18-28(51)38(45,46)33(55)48-20-36(40,41)42/h5-15,17,27,30H,16,18-20H2,1-4H3,(H,47,54)(H,48,55)(H,49,56)(H,50,53)/t27-,30-/m0/s1. The van der Waals surface area contributed by atoms with Gasteiger partial charge in [0.2, 0.25) is 17.6 Å². The van der Waals surface area contributed by atoms with E-state index < -0.39 is 103 Å². The van der Waals surface area contributed by atoms with Gasteiger partial charge in [-0.3, -0.25) is 24.0 Å². The molecule has 0 saturated heterocycles. The third kappa shape index (κ3) is 14.4. The molecule has 0 aliphatic rings. The lowest BCUT2D eigenvalue weighted by atomic mass is 10.0. The van der Waals surface area contributed by atoms with E-state index in [1.165, 1.54) is 61.7 Å². The lowest BCUT2D eigenvalue weighted by molar-refractivity contribution is -0.163. The minimum Gasteiger partial charge on any atom is -0.497 e. The Labute approximate surface area is 337 Å². The van der Waals surface area contributed by atoms with Gasteiger partial charge in [0, 0.05) is 17.0 Å². The first-order chi connectivity index (χ1) is 27.3. The van der Waals surface area contributed by atoms with E-state index in [1.54, 1.807) is 26.1 Å². The molecule has 3 aromatic carbocycles. The van der Waals surface area contributed by atoms with E-state index in [0.717, 1.165) is 23.5 Å². The predicted octanol–water partition coefficient (Wildman–Crippen LogP) is 4.75.